The van der Waals surface area contributed by atoms with Crippen LogP contribution in [0, 0.1) is 5.95 Å². The van der Waals surface area contributed by atoms with Crippen LogP contribution in [0.15, 0.2) is 18.2 Å². The second-order valence-corrected chi connectivity index (χ2v) is 2.17. The van der Waals surface area contributed by atoms with Gasteiger partial charge in [-0.05, 0) is 12.1 Å². The number of anilines is 1. The SMILES string of the molecule is NC(=O)CNc1cccc(F)n1. The van der Waals surface area contributed by atoms with Gasteiger partial charge in [-0.2, -0.15) is 4.39 Å². The van der Waals surface area contributed by atoms with E-state index in [-0.39, 0.29) is 6.54 Å². The molecule has 5 heteroatoms. The quantitative estimate of drug-likeness (QED) is 0.631. The zero-order valence-electron chi connectivity index (χ0n) is 6.25. The predicted octanol–water partition coefficient (Wildman–Crippen LogP) is 0.118. The first kappa shape index (κ1) is 8.45. The number of amides is 1. The topological polar surface area (TPSA) is 68.0 Å². The minimum Gasteiger partial charge on any atom is -0.368 e. The molecule has 0 atom stereocenters. The standard InChI is InChI=1S/C7H8FN3O/c8-5-2-1-3-7(11-5)10-4-6(9)12/h1-3H,4H2,(H2,9,12)(H,10,11). The smallest absolute Gasteiger partial charge is 0.236 e. The van der Waals surface area contributed by atoms with Crippen LogP contribution in [-0.2, 0) is 4.79 Å². The van der Waals surface area contributed by atoms with Gasteiger partial charge >= 0.3 is 0 Å². The molecule has 0 saturated heterocycles. The molecule has 0 bridgehead atoms. The summed E-state index contributed by atoms with van der Waals surface area (Å²) in [5.74, 6) is -0.806. The maximum Gasteiger partial charge on any atom is 0.236 e. The van der Waals surface area contributed by atoms with E-state index in [1.54, 1.807) is 6.07 Å². The first-order valence-corrected chi connectivity index (χ1v) is 3.33. The lowest BCUT2D eigenvalue weighted by molar-refractivity contribution is -0.116. The molecule has 0 spiro atoms. The van der Waals surface area contributed by atoms with E-state index < -0.39 is 11.9 Å². The van der Waals surface area contributed by atoms with Crippen molar-refractivity contribution in [2.45, 2.75) is 0 Å². The van der Waals surface area contributed by atoms with Gasteiger partial charge in [0, 0.05) is 0 Å². The zero-order chi connectivity index (χ0) is 8.97. The second kappa shape index (κ2) is 3.66. The number of nitrogens with two attached hydrogens (primary N) is 1. The number of pyridine rings is 1. The second-order valence-electron chi connectivity index (χ2n) is 2.17. The molecule has 0 aliphatic carbocycles. The summed E-state index contributed by atoms with van der Waals surface area (Å²) in [5.41, 5.74) is 4.86. The normalized spacial score (nSPS) is 9.42. The van der Waals surface area contributed by atoms with Gasteiger partial charge in [0.1, 0.15) is 5.82 Å². The Morgan fingerprint density at radius 3 is 3.00 bits per heavy atom. The first-order valence-electron chi connectivity index (χ1n) is 3.33. The fourth-order valence-corrected chi connectivity index (χ4v) is 0.684. The molecular formula is C7H8FN3O. The van der Waals surface area contributed by atoms with Gasteiger partial charge in [-0.3, -0.25) is 4.79 Å². The Labute approximate surface area is 68.6 Å². The summed E-state index contributed by atoms with van der Waals surface area (Å²) in [7, 11) is 0. The molecule has 4 nitrogen and oxygen atoms in total. The zero-order valence-corrected chi connectivity index (χ0v) is 6.25. The first-order chi connectivity index (χ1) is 5.68. The van der Waals surface area contributed by atoms with Crippen molar-refractivity contribution in [1.82, 2.24) is 4.98 Å². The summed E-state index contributed by atoms with van der Waals surface area (Å²) < 4.78 is 12.4. The number of halogens is 1. The summed E-state index contributed by atoms with van der Waals surface area (Å²) >= 11 is 0. The summed E-state index contributed by atoms with van der Waals surface area (Å²) in [6.45, 7) is -0.0452. The Bertz CT molecular complexity index is 290. The summed E-state index contributed by atoms with van der Waals surface area (Å²) in [5, 5.41) is 2.56. The van der Waals surface area contributed by atoms with Gasteiger partial charge in [0.25, 0.3) is 0 Å². The van der Waals surface area contributed by atoms with E-state index in [4.69, 9.17) is 5.73 Å². The fraction of sp³-hybridized carbons (Fsp3) is 0.143. The third-order valence-electron chi connectivity index (χ3n) is 1.16. The van der Waals surface area contributed by atoms with Crippen molar-refractivity contribution >= 4 is 11.7 Å². The number of primary amides is 1. The van der Waals surface area contributed by atoms with Gasteiger partial charge < -0.3 is 11.1 Å². The van der Waals surface area contributed by atoms with Crippen molar-refractivity contribution in [3.8, 4) is 0 Å². The van der Waals surface area contributed by atoms with E-state index in [0.29, 0.717) is 5.82 Å². The Morgan fingerprint density at radius 1 is 1.67 bits per heavy atom. The Hall–Kier alpha value is -1.65. The number of nitrogens with one attached hydrogen (secondary N) is 1. The molecule has 64 valence electrons. The van der Waals surface area contributed by atoms with Crippen LogP contribution in [-0.4, -0.2) is 17.4 Å². The van der Waals surface area contributed by atoms with Crippen molar-refractivity contribution in [1.29, 1.82) is 0 Å². The molecule has 0 unspecified atom stereocenters. The average Bonchev–Trinajstić information content (AvgIpc) is 2.01. The number of carbonyl (C=O) groups excluding carboxylic acids is 1. The number of hydrogen-bond donors (Lipinski definition) is 2. The largest absolute Gasteiger partial charge is 0.368 e. The molecule has 0 aliphatic heterocycles. The number of nitrogens with zero attached hydrogens (tertiary/aromatic N) is 1. The van der Waals surface area contributed by atoms with E-state index in [0.717, 1.165) is 0 Å². The van der Waals surface area contributed by atoms with Crippen LogP contribution >= 0.6 is 0 Å². The summed E-state index contributed by atoms with van der Waals surface area (Å²) in [6.07, 6.45) is 0. The molecule has 0 aliphatic rings. The average molecular weight is 169 g/mol. The van der Waals surface area contributed by atoms with Crippen LogP contribution in [0.3, 0.4) is 0 Å². The third kappa shape index (κ3) is 2.53. The summed E-state index contributed by atoms with van der Waals surface area (Å²) in [6, 6.07) is 4.26. The minimum absolute atomic E-state index is 0.0452. The maximum atomic E-state index is 12.4. The maximum absolute atomic E-state index is 12.4. The van der Waals surface area contributed by atoms with Gasteiger partial charge in [-0.15, -0.1) is 0 Å². The van der Waals surface area contributed by atoms with E-state index in [2.05, 4.69) is 10.3 Å². The van der Waals surface area contributed by atoms with Gasteiger partial charge in [0.05, 0.1) is 6.54 Å². The van der Waals surface area contributed by atoms with Crippen LogP contribution in [0.1, 0.15) is 0 Å². The van der Waals surface area contributed by atoms with E-state index in [9.17, 15) is 9.18 Å². The lowest BCUT2D eigenvalue weighted by Gasteiger charge is -2.00. The van der Waals surface area contributed by atoms with Gasteiger partial charge in [-0.1, -0.05) is 6.07 Å². The van der Waals surface area contributed by atoms with Crippen molar-refractivity contribution < 1.29 is 9.18 Å². The Morgan fingerprint density at radius 2 is 2.42 bits per heavy atom. The number of rotatable bonds is 3. The van der Waals surface area contributed by atoms with Crippen LogP contribution in [0.5, 0.6) is 0 Å². The van der Waals surface area contributed by atoms with Crippen molar-refractivity contribution in [3.05, 3.63) is 24.1 Å². The summed E-state index contributed by atoms with van der Waals surface area (Å²) in [4.78, 5) is 13.8. The molecule has 1 rings (SSSR count). The molecular weight excluding hydrogens is 161 g/mol. The number of carbonyl (C=O) groups is 1. The molecule has 1 amide bonds. The van der Waals surface area contributed by atoms with Gasteiger partial charge in [-0.25, -0.2) is 4.98 Å². The van der Waals surface area contributed by atoms with Gasteiger partial charge in [0.2, 0.25) is 11.9 Å². The lowest BCUT2D eigenvalue weighted by atomic mass is 10.4. The highest BCUT2D eigenvalue weighted by atomic mass is 19.1. The Kier molecular flexibility index (Phi) is 2.57. The molecule has 1 aromatic heterocycles. The molecule has 3 N–H and O–H groups in total. The van der Waals surface area contributed by atoms with E-state index in [1.807, 2.05) is 0 Å². The monoisotopic (exact) mass is 169 g/mol. The molecule has 0 radical (unpaired) electrons. The Balaban J connectivity index is 2.57. The molecule has 1 aromatic rings. The molecule has 0 saturated carbocycles. The molecule has 12 heavy (non-hydrogen) atoms. The lowest BCUT2D eigenvalue weighted by Crippen LogP contribution is -2.22. The third-order valence-corrected chi connectivity index (χ3v) is 1.16. The van der Waals surface area contributed by atoms with Crippen molar-refractivity contribution in [3.63, 3.8) is 0 Å². The van der Waals surface area contributed by atoms with E-state index in [1.165, 1.54) is 12.1 Å². The minimum atomic E-state index is -0.593. The van der Waals surface area contributed by atoms with Gasteiger partial charge in [0.15, 0.2) is 0 Å². The van der Waals surface area contributed by atoms with Crippen LogP contribution in [0.2, 0.25) is 0 Å². The molecule has 0 fully saturated rings. The highest BCUT2D eigenvalue weighted by Gasteiger charge is 1.96. The number of aromatic nitrogens is 1. The molecule has 0 aromatic carbocycles. The van der Waals surface area contributed by atoms with Crippen LogP contribution in [0.4, 0.5) is 10.2 Å². The highest BCUT2D eigenvalue weighted by molar-refractivity contribution is 5.78. The van der Waals surface area contributed by atoms with Crippen molar-refractivity contribution in [2.75, 3.05) is 11.9 Å². The molecule has 1 heterocycles. The predicted molar refractivity (Wildman–Crippen MR) is 41.9 cm³/mol. The number of hydrogen-bond acceptors (Lipinski definition) is 3. The highest BCUT2D eigenvalue weighted by Crippen LogP contribution is 2.01. The fourth-order valence-electron chi connectivity index (χ4n) is 0.684. The van der Waals surface area contributed by atoms with Crippen molar-refractivity contribution in [2.24, 2.45) is 5.73 Å². The van der Waals surface area contributed by atoms with E-state index >= 15 is 0 Å². The van der Waals surface area contributed by atoms with Crippen LogP contribution in [0.25, 0.3) is 0 Å². The van der Waals surface area contributed by atoms with Crippen LogP contribution < -0.4 is 11.1 Å².